The number of hydrogen-bond donors (Lipinski definition) is 1. The molecule has 0 saturated carbocycles. The average molecular weight is 700 g/mol. The minimum Gasteiger partial charge on any atom is -0.494 e. The molecule has 12 heteroatoms. The largest absolute Gasteiger partial charge is 0.494 e. The number of nitrogens with zero attached hydrogens (tertiary/aromatic N) is 2. The number of carbonyl (C=O) groups excluding carboxylic acids is 1. The van der Waals surface area contributed by atoms with Gasteiger partial charge in [-0.05, 0) is 119 Å². The molecule has 1 amide bonds. The lowest BCUT2D eigenvalue weighted by atomic mass is 10.0. The molecule has 47 heavy (non-hydrogen) atoms. The van der Waals surface area contributed by atoms with E-state index in [0.29, 0.717) is 37.9 Å². The van der Waals surface area contributed by atoms with Crippen molar-refractivity contribution in [3.05, 3.63) is 87.6 Å². The van der Waals surface area contributed by atoms with Crippen LogP contribution in [0.4, 0.5) is 0 Å². The number of nitrogens with one attached hydrogen (secondary N) is 1. The van der Waals surface area contributed by atoms with Crippen molar-refractivity contribution in [1.29, 1.82) is 0 Å². The van der Waals surface area contributed by atoms with Crippen LogP contribution in [-0.2, 0) is 26.6 Å². The summed E-state index contributed by atoms with van der Waals surface area (Å²) in [5, 5.41) is 1.41. The van der Waals surface area contributed by atoms with Gasteiger partial charge in [0.1, 0.15) is 5.75 Å². The Hall–Kier alpha value is -3.38. The predicted molar refractivity (Wildman–Crippen MR) is 185 cm³/mol. The third kappa shape index (κ3) is 7.09. The Balaban J connectivity index is 1.31. The van der Waals surface area contributed by atoms with Gasteiger partial charge < -0.3 is 9.30 Å². The quantitative estimate of drug-likeness (QED) is 0.168. The summed E-state index contributed by atoms with van der Waals surface area (Å²) in [6.07, 6.45) is 4.00. The third-order valence-electron chi connectivity index (χ3n) is 9.12. The molecule has 3 aromatic carbocycles. The minimum absolute atomic E-state index is 0.0316. The number of benzene rings is 3. The van der Waals surface area contributed by atoms with Crippen molar-refractivity contribution in [3.8, 4) is 5.75 Å². The summed E-state index contributed by atoms with van der Waals surface area (Å²) in [4.78, 5) is 13.3. The lowest BCUT2D eigenvalue weighted by Gasteiger charge is -2.34. The maximum absolute atomic E-state index is 13.5. The number of amides is 1. The second-order valence-corrected chi connectivity index (χ2v) is 16.2. The van der Waals surface area contributed by atoms with Crippen LogP contribution in [0.3, 0.4) is 0 Å². The fraction of sp³-hybridized carbons (Fsp3) is 0.400. The van der Waals surface area contributed by atoms with E-state index in [-0.39, 0.29) is 21.4 Å². The first-order valence-corrected chi connectivity index (χ1v) is 19.2. The van der Waals surface area contributed by atoms with E-state index < -0.39 is 26.0 Å². The second kappa shape index (κ2) is 14.0. The number of aryl methyl sites for hydroxylation is 4. The van der Waals surface area contributed by atoms with Crippen molar-refractivity contribution in [2.75, 3.05) is 13.2 Å². The van der Waals surface area contributed by atoms with Gasteiger partial charge >= 0.3 is 0 Å². The molecule has 1 atom stereocenters. The van der Waals surface area contributed by atoms with E-state index in [1.54, 1.807) is 12.1 Å². The van der Waals surface area contributed by atoms with E-state index in [0.717, 1.165) is 57.9 Å². The highest BCUT2D eigenvalue weighted by molar-refractivity contribution is 7.90. The smallest absolute Gasteiger partial charge is 0.265 e. The highest BCUT2D eigenvalue weighted by Crippen LogP contribution is 2.31. The van der Waals surface area contributed by atoms with Crippen molar-refractivity contribution in [2.24, 2.45) is 0 Å². The minimum atomic E-state index is -4.29. The van der Waals surface area contributed by atoms with Crippen LogP contribution < -0.4 is 9.46 Å². The SMILES string of the molecule is CC[C@H]1CCCCN1S(=O)(=O)c1ccc(S(=O)(=O)NC(=O)c2cccc3c2c(C)c(C)n3CCCOc2cc(C)c(Cl)c(C)c2)cc1. The topological polar surface area (TPSA) is 115 Å². The molecule has 1 fully saturated rings. The Labute approximate surface area is 283 Å². The second-order valence-electron chi connectivity index (χ2n) is 12.2. The summed E-state index contributed by atoms with van der Waals surface area (Å²) in [5.41, 5.74) is 4.83. The summed E-state index contributed by atoms with van der Waals surface area (Å²) < 4.78 is 65.1. The highest BCUT2D eigenvalue weighted by Gasteiger charge is 2.33. The normalized spacial score (nSPS) is 16.0. The Kier molecular flexibility index (Phi) is 10.4. The maximum Gasteiger partial charge on any atom is 0.265 e. The molecule has 0 unspecified atom stereocenters. The molecule has 0 spiro atoms. The number of hydrogen-bond acceptors (Lipinski definition) is 6. The number of fused-ring (bicyclic) bond motifs is 1. The highest BCUT2D eigenvalue weighted by atomic mass is 35.5. The monoisotopic (exact) mass is 699 g/mol. The van der Waals surface area contributed by atoms with Gasteiger partial charge in [0, 0.05) is 40.8 Å². The number of rotatable bonds is 11. The van der Waals surface area contributed by atoms with E-state index in [4.69, 9.17) is 16.3 Å². The molecule has 1 aliphatic rings. The van der Waals surface area contributed by atoms with Crippen LogP contribution in [0.5, 0.6) is 5.75 Å². The van der Waals surface area contributed by atoms with Gasteiger partial charge in [-0.2, -0.15) is 4.31 Å². The number of ether oxygens (including phenoxy) is 1. The molecule has 1 aliphatic heterocycles. The van der Waals surface area contributed by atoms with E-state index >= 15 is 0 Å². The first kappa shape index (κ1) is 34.9. The number of carbonyl (C=O) groups is 1. The number of aromatic nitrogens is 1. The Morgan fingerprint density at radius 1 is 0.957 bits per heavy atom. The van der Waals surface area contributed by atoms with Crippen LogP contribution in [0, 0.1) is 27.7 Å². The van der Waals surface area contributed by atoms with Gasteiger partial charge in [-0.3, -0.25) is 4.79 Å². The Bertz CT molecular complexity index is 2000. The average Bonchev–Trinajstić information content (AvgIpc) is 3.30. The summed E-state index contributed by atoms with van der Waals surface area (Å²) in [5.74, 6) is 0.00157. The van der Waals surface area contributed by atoms with Crippen LogP contribution in [-0.4, -0.2) is 50.8 Å². The van der Waals surface area contributed by atoms with Crippen molar-refractivity contribution in [3.63, 3.8) is 0 Å². The molecule has 2 heterocycles. The molecule has 1 N–H and O–H groups in total. The Morgan fingerprint density at radius 2 is 1.62 bits per heavy atom. The lowest BCUT2D eigenvalue weighted by Crippen LogP contribution is -2.43. The van der Waals surface area contributed by atoms with Crippen LogP contribution in [0.25, 0.3) is 10.9 Å². The zero-order valence-electron chi connectivity index (χ0n) is 27.5. The summed E-state index contributed by atoms with van der Waals surface area (Å²) in [6, 6.07) is 14.1. The van der Waals surface area contributed by atoms with Gasteiger partial charge in [-0.1, -0.05) is 31.0 Å². The molecule has 0 bridgehead atoms. The van der Waals surface area contributed by atoms with Gasteiger partial charge in [0.2, 0.25) is 10.0 Å². The summed E-state index contributed by atoms with van der Waals surface area (Å²) in [6.45, 7) is 11.3. The predicted octanol–water partition coefficient (Wildman–Crippen LogP) is 7.07. The van der Waals surface area contributed by atoms with Crippen LogP contribution in [0.2, 0.25) is 5.02 Å². The molecule has 5 rings (SSSR count). The van der Waals surface area contributed by atoms with Gasteiger partial charge in [-0.25, -0.2) is 21.6 Å². The molecule has 0 aliphatic carbocycles. The summed E-state index contributed by atoms with van der Waals surface area (Å²) in [7, 11) is -8.06. The van der Waals surface area contributed by atoms with Gasteiger partial charge in [0.15, 0.2) is 0 Å². The number of sulfonamides is 2. The molecule has 1 saturated heterocycles. The number of halogens is 1. The third-order valence-corrected chi connectivity index (χ3v) is 13.0. The summed E-state index contributed by atoms with van der Waals surface area (Å²) >= 11 is 6.28. The standard InChI is InChI=1S/C35H42ClN3O6S2/c1-6-27-11-7-8-19-39(27)47(43,44)30-16-14-29(15-17-30)46(41,42)37-35(40)31-12-9-13-32-33(31)25(4)26(5)38(32)18-10-20-45-28-21-23(2)34(36)24(3)22-28/h9,12-17,21-22,27H,6-8,10-11,18-20H2,1-5H3,(H,37,40)/t27-/m0/s1. The lowest BCUT2D eigenvalue weighted by molar-refractivity contribution is 0.0983. The fourth-order valence-corrected chi connectivity index (χ4v) is 9.31. The fourth-order valence-electron chi connectivity index (χ4n) is 6.46. The molecule has 252 valence electrons. The van der Waals surface area contributed by atoms with E-state index in [1.165, 1.54) is 28.6 Å². The van der Waals surface area contributed by atoms with E-state index in [1.807, 2.05) is 52.8 Å². The van der Waals surface area contributed by atoms with Crippen LogP contribution in [0.1, 0.15) is 71.8 Å². The van der Waals surface area contributed by atoms with Gasteiger partial charge in [0.25, 0.3) is 15.9 Å². The molecular weight excluding hydrogens is 658 g/mol. The zero-order valence-corrected chi connectivity index (χ0v) is 29.9. The number of piperidine rings is 1. The van der Waals surface area contributed by atoms with Crippen molar-refractivity contribution >= 4 is 48.5 Å². The first-order chi connectivity index (χ1) is 22.3. The van der Waals surface area contributed by atoms with Gasteiger partial charge in [-0.15, -0.1) is 0 Å². The van der Waals surface area contributed by atoms with Crippen LogP contribution >= 0.6 is 11.6 Å². The zero-order chi connectivity index (χ0) is 34.1. The van der Waals surface area contributed by atoms with Crippen molar-refractivity contribution < 1.29 is 26.4 Å². The maximum atomic E-state index is 13.5. The van der Waals surface area contributed by atoms with E-state index in [2.05, 4.69) is 9.29 Å². The first-order valence-electron chi connectivity index (χ1n) is 15.9. The molecule has 0 radical (unpaired) electrons. The molecule has 1 aromatic heterocycles. The molecule has 4 aromatic rings. The van der Waals surface area contributed by atoms with Gasteiger partial charge in [0.05, 0.1) is 22.0 Å². The van der Waals surface area contributed by atoms with E-state index in [9.17, 15) is 21.6 Å². The van der Waals surface area contributed by atoms with Crippen molar-refractivity contribution in [1.82, 2.24) is 13.6 Å². The van der Waals surface area contributed by atoms with Crippen LogP contribution in [0.15, 0.2) is 64.4 Å². The molecule has 9 nitrogen and oxygen atoms in total. The molecular formula is C35H42ClN3O6S2. The van der Waals surface area contributed by atoms with Crippen molar-refractivity contribution in [2.45, 2.75) is 89.1 Å². The Morgan fingerprint density at radius 3 is 2.28 bits per heavy atom.